The molecule has 7 aromatic rings. The maximum Gasteiger partial charge on any atom is 0.164 e. The van der Waals surface area contributed by atoms with Crippen LogP contribution in [0.4, 0.5) is 0 Å². The Morgan fingerprint density at radius 2 is 0.979 bits per heavy atom. The van der Waals surface area contributed by atoms with Crippen LogP contribution in [0.25, 0.3) is 61.7 Å². The van der Waals surface area contributed by atoms with Crippen LogP contribution in [0.5, 0.6) is 0 Å². The minimum Gasteiger partial charge on any atom is -0.309 e. The van der Waals surface area contributed by atoms with Gasteiger partial charge in [-0.05, 0) is 76.3 Å². The zero-order valence-corrected chi connectivity index (χ0v) is 28.3. The van der Waals surface area contributed by atoms with E-state index in [-0.39, 0.29) is 16.2 Å². The number of para-hydroxylation sites is 1. The lowest BCUT2D eigenvalue weighted by Crippen LogP contribution is -2.42. The van der Waals surface area contributed by atoms with E-state index in [4.69, 9.17) is 15.0 Å². The van der Waals surface area contributed by atoms with Crippen molar-refractivity contribution >= 4 is 21.8 Å². The van der Waals surface area contributed by atoms with Crippen LogP contribution in [0.1, 0.15) is 58.2 Å². The Morgan fingerprint density at radius 3 is 1.57 bits per heavy atom. The molecule has 0 fully saturated rings. The van der Waals surface area contributed by atoms with E-state index in [1.165, 1.54) is 32.9 Å². The van der Waals surface area contributed by atoms with E-state index < -0.39 is 0 Å². The first-order valence-electron chi connectivity index (χ1n) is 16.5. The van der Waals surface area contributed by atoms with Crippen LogP contribution in [0, 0.1) is 12.3 Å². The lowest BCUT2D eigenvalue weighted by molar-refractivity contribution is 0.125. The summed E-state index contributed by atoms with van der Waals surface area (Å²) in [6.45, 7) is 16.7. The van der Waals surface area contributed by atoms with E-state index >= 15 is 0 Å². The first-order chi connectivity index (χ1) is 22.5. The highest BCUT2D eigenvalue weighted by Gasteiger charge is 2.57. The average molecular weight is 613 g/mol. The van der Waals surface area contributed by atoms with Gasteiger partial charge in [0, 0.05) is 33.2 Å². The van der Waals surface area contributed by atoms with Crippen molar-refractivity contribution < 1.29 is 0 Å². The maximum absolute atomic E-state index is 5.05. The molecule has 0 saturated carbocycles. The fourth-order valence-electron chi connectivity index (χ4n) is 7.74. The van der Waals surface area contributed by atoms with Crippen molar-refractivity contribution in [1.29, 1.82) is 0 Å². The number of aryl methyl sites for hydroxylation is 1. The molecule has 0 radical (unpaired) electrons. The molecular formula is C43H40N4. The van der Waals surface area contributed by atoms with Crippen LogP contribution in [0.3, 0.4) is 0 Å². The van der Waals surface area contributed by atoms with Gasteiger partial charge in [0.25, 0.3) is 0 Å². The molecule has 1 aliphatic carbocycles. The molecule has 5 aromatic carbocycles. The second-order valence-electron chi connectivity index (χ2n) is 14.7. The number of nitrogens with zero attached hydrogens (tertiary/aromatic N) is 4. The summed E-state index contributed by atoms with van der Waals surface area (Å²) < 4.78 is 2.44. The smallest absolute Gasteiger partial charge is 0.164 e. The highest BCUT2D eigenvalue weighted by molar-refractivity contribution is 6.10. The van der Waals surface area contributed by atoms with Gasteiger partial charge in [-0.3, -0.25) is 0 Å². The average Bonchev–Trinajstić information content (AvgIpc) is 3.45. The van der Waals surface area contributed by atoms with E-state index in [1.807, 2.05) is 36.4 Å². The van der Waals surface area contributed by atoms with Crippen LogP contribution >= 0.6 is 0 Å². The Morgan fingerprint density at radius 1 is 0.468 bits per heavy atom. The van der Waals surface area contributed by atoms with Crippen molar-refractivity contribution in [2.24, 2.45) is 5.41 Å². The van der Waals surface area contributed by atoms with Gasteiger partial charge in [0.05, 0.1) is 11.0 Å². The quantitative estimate of drug-likeness (QED) is 0.199. The third-order valence-corrected chi connectivity index (χ3v) is 11.6. The summed E-state index contributed by atoms with van der Waals surface area (Å²) in [7, 11) is 0. The summed E-state index contributed by atoms with van der Waals surface area (Å²) in [4.78, 5) is 15.0. The van der Waals surface area contributed by atoms with Gasteiger partial charge in [-0.2, -0.15) is 0 Å². The first-order valence-corrected chi connectivity index (χ1v) is 16.5. The summed E-state index contributed by atoms with van der Waals surface area (Å²) in [5.74, 6) is 1.99. The Kier molecular flexibility index (Phi) is 6.37. The molecule has 8 rings (SSSR count). The van der Waals surface area contributed by atoms with Crippen molar-refractivity contribution in [3.05, 3.63) is 132 Å². The zero-order valence-electron chi connectivity index (χ0n) is 28.3. The van der Waals surface area contributed by atoms with Gasteiger partial charge in [0.1, 0.15) is 0 Å². The molecule has 0 unspecified atom stereocenters. The van der Waals surface area contributed by atoms with Gasteiger partial charge < -0.3 is 4.57 Å². The summed E-state index contributed by atoms with van der Waals surface area (Å²) in [6.07, 6.45) is 0. The van der Waals surface area contributed by atoms with Gasteiger partial charge >= 0.3 is 0 Å². The summed E-state index contributed by atoms with van der Waals surface area (Å²) in [5, 5.41) is 2.56. The Balaban J connectivity index is 1.38. The Hall–Kier alpha value is -5.09. The van der Waals surface area contributed by atoms with Crippen LogP contribution in [0.2, 0.25) is 0 Å². The molecule has 2 aromatic heterocycles. The molecule has 0 amide bonds. The SMILES string of the molecule is Cc1cc(-c2nc(-c3ccccc3)nc(-c3ccccc3)n2)cc(-n2c3ccccc3c3cc4c(cc32)C(C)(C)C(C)(C)C4(C)C)c1. The third-order valence-electron chi connectivity index (χ3n) is 11.6. The van der Waals surface area contributed by atoms with E-state index in [2.05, 4.69) is 132 Å². The number of aromatic nitrogens is 4. The standard InChI is InChI=1S/C43H40N4/c1-27-22-30(40-45-38(28-16-10-8-11-17-28)44-39(46-40)29-18-12-9-13-19-29)24-31(23-27)47-36-21-15-14-20-32(36)33-25-34-35(26-37(33)47)42(4,5)43(6,7)41(34,2)3/h8-26H,1-7H3. The van der Waals surface area contributed by atoms with Crippen LogP contribution in [-0.2, 0) is 10.8 Å². The van der Waals surface area contributed by atoms with Gasteiger partial charge in [0.2, 0.25) is 0 Å². The second kappa shape index (κ2) is 10.2. The van der Waals surface area contributed by atoms with Crippen molar-refractivity contribution in [2.45, 2.75) is 59.3 Å². The van der Waals surface area contributed by atoms with E-state index in [1.54, 1.807) is 0 Å². The Bertz CT molecular complexity index is 2270. The Labute approximate surface area is 277 Å². The van der Waals surface area contributed by atoms with Gasteiger partial charge in [-0.25, -0.2) is 15.0 Å². The molecular weight excluding hydrogens is 573 g/mol. The molecule has 4 nitrogen and oxygen atoms in total. The van der Waals surface area contributed by atoms with Crippen molar-refractivity contribution in [2.75, 3.05) is 0 Å². The molecule has 0 saturated heterocycles. The van der Waals surface area contributed by atoms with Crippen molar-refractivity contribution in [3.63, 3.8) is 0 Å². The normalized spacial score (nSPS) is 16.1. The minimum atomic E-state index is 0.00558. The lowest BCUT2D eigenvalue weighted by Gasteiger charge is -2.44. The summed E-state index contributed by atoms with van der Waals surface area (Å²) in [6, 6.07) is 40.8. The number of hydrogen-bond acceptors (Lipinski definition) is 3. The highest BCUT2D eigenvalue weighted by Crippen LogP contribution is 2.62. The topological polar surface area (TPSA) is 43.6 Å². The number of benzene rings is 5. The molecule has 47 heavy (non-hydrogen) atoms. The predicted octanol–water partition coefficient (Wildman–Crippen LogP) is 10.9. The fourth-order valence-corrected chi connectivity index (χ4v) is 7.74. The monoisotopic (exact) mass is 612 g/mol. The second-order valence-corrected chi connectivity index (χ2v) is 14.7. The van der Waals surface area contributed by atoms with Crippen molar-refractivity contribution in [3.8, 4) is 39.9 Å². The highest BCUT2D eigenvalue weighted by atomic mass is 15.0. The largest absolute Gasteiger partial charge is 0.309 e. The lowest BCUT2D eigenvalue weighted by atomic mass is 9.59. The van der Waals surface area contributed by atoms with E-state index in [0.717, 1.165) is 27.9 Å². The van der Waals surface area contributed by atoms with Crippen molar-refractivity contribution in [1.82, 2.24) is 19.5 Å². The van der Waals surface area contributed by atoms with Gasteiger partial charge in [0.15, 0.2) is 17.5 Å². The minimum absolute atomic E-state index is 0.00558. The molecule has 4 heteroatoms. The predicted molar refractivity (Wildman–Crippen MR) is 195 cm³/mol. The molecule has 2 heterocycles. The van der Waals surface area contributed by atoms with Crippen LogP contribution in [0.15, 0.2) is 115 Å². The van der Waals surface area contributed by atoms with Gasteiger partial charge in [-0.15, -0.1) is 0 Å². The number of fused-ring (bicyclic) bond motifs is 4. The van der Waals surface area contributed by atoms with Crippen LogP contribution in [-0.4, -0.2) is 19.5 Å². The third kappa shape index (κ3) is 4.31. The number of rotatable bonds is 4. The van der Waals surface area contributed by atoms with Crippen LogP contribution < -0.4 is 0 Å². The molecule has 0 N–H and O–H groups in total. The molecule has 1 aliphatic rings. The van der Waals surface area contributed by atoms with Gasteiger partial charge in [-0.1, -0.05) is 120 Å². The summed E-state index contributed by atoms with van der Waals surface area (Å²) in [5.41, 5.74) is 10.6. The summed E-state index contributed by atoms with van der Waals surface area (Å²) >= 11 is 0. The number of hydrogen-bond donors (Lipinski definition) is 0. The molecule has 0 spiro atoms. The van der Waals surface area contributed by atoms with E-state index in [0.29, 0.717) is 17.5 Å². The maximum atomic E-state index is 5.05. The molecule has 0 bridgehead atoms. The molecule has 0 atom stereocenters. The first kappa shape index (κ1) is 29.3. The molecule has 0 aliphatic heterocycles. The fraction of sp³-hybridized carbons (Fsp3) is 0.233. The zero-order chi connectivity index (χ0) is 32.7. The van der Waals surface area contributed by atoms with E-state index in [9.17, 15) is 0 Å². The molecule has 232 valence electrons.